The van der Waals surface area contributed by atoms with Crippen molar-refractivity contribution in [1.82, 2.24) is 0 Å². The molecule has 18 heavy (non-hydrogen) atoms. The van der Waals surface area contributed by atoms with Crippen LogP contribution in [0.1, 0.15) is 48.0 Å². The summed E-state index contributed by atoms with van der Waals surface area (Å²) in [5.74, 6) is -2.24. The average Bonchev–Trinajstić information content (AvgIpc) is 2.23. The number of aliphatic carboxylic acids is 2. The number of hydrogen-bond acceptors (Lipinski definition) is 4. The van der Waals surface area contributed by atoms with Crippen molar-refractivity contribution in [2.24, 2.45) is 15.6 Å². The Labute approximate surface area is 107 Å². The number of carboxylic acids is 2. The molecule has 0 aromatic rings. The van der Waals surface area contributed by atoms with Crippen molar-refractivity contribution < 1.29 is 19.8 Å². The maximum absolute atomic E-state index is 11.3. The smallest absolute Gasteiger partial charge is 0.333 e. The predicted octanol–water partition coefficient (Wildman–Crippen LogP) is 2.58. The van der Waals surface area contributed by atoms with Crippen molar-refractivity contribution in [3.05, 3.63) is 0 Å². The Kier molecular flexibility index (Phi) is 4.63. The second-order valence-electron chi connectivity index (χ2n) is 5.76. The lowest BCUT2D eigenvalue weighted by molar-refractivity contribution is -0.148. The number of azo groups is 1. The Bertz CT molecular complexity index is 373. The molecule has 0 amide bonds. The summed E-state index contributed by atoms with van der Waals surface area (Å²) in [6.07, 6.45) is 0.242. The highest BCUT2D eigenvalue weighted by molar-refractivity contribution is 5.80. The zero-order valence-corrected chi connectivity index (χ0v) is 11.8. The molecule has 0 aliphatic rings. The van der Waals surface area contributed by atoms with E-state index in [1.165, 1.54) is 13.8 Å². The first-order valence-corrected chi connectivity index (χ1v) is 5.81. The topological polar surface area (TPSA) is 99.3 Å². The molecule has 0 saturated carbocycles. The first-order valence-electron chi connectivity index (χ1n) is 5.81. The van der Waals surface area contributed by atoms with Gasteiger partial charge in [-0.2, -0.15) is 10.2 Å². The van der Waals surface area contributed by atoms with Crippen LogP contribution < -0.4 is 0 Å². The van der Waals surface area contributed by atoms with Crippen molar-refractivity contribution in [2.75, 3.05) is 0 Å². The molecule has 2 atom stereocenters. The van der Waals surface area contributed by atoms with Gasteiger partial charge in [0.05, 0.1) is 0 Å². The van der Waals surface area contributed by atoms with Crippen LogP contribution in [-0.2, 0) is 9.59 Å². The second kappa shape index (κ2) is 5.04. The minimum atomic E-state index is -1.46. The molecule has 0 aromatic carbocycles. The van der Waals surface area contributed by atoms with Gasteiger partial charge < -0.3 is 10.2 Å². The van der Waals surface area contributed by atoms with Gasteiger partial charge in [-0.15, -0.1) is 0 Å². The highest BCUT2D eigenvalue weighted by Gasteiger charge is 2.46. The molecule has 0 spiro atoms. The summed E-state index contributed by atoms with van der Waals surface area (Å²) in [5, 5.41) is 26.0. The van der Waals surface area contributed by atoms with Crippen molar-refractivity contribution in [1.29, 1.82) is 0 Å². The van der Waals surface area contributed by atoms with Gasteiger partial charge in [-0.05, 0) is 25.7 Å². The van der Waals surface area contributed by atoms with Gasteiger partial charge in [0.1, 0.15) is 0 Å². The van der Waals surface area contributed by atoms with Crippen LogP contribution in [0.2, 0.25) is 0 Å². The quantitative estimate of drug-likeness (QED) is 0.740. The van der Waals surface area contributed by atoms with Gasteiger partial charge in [-0.25, -0.2) is 9.59 Å². The first-order chi connectivity index (χ1) is 7.90. The molecule has 0 aliphatic carbocycles. The zero-order chi connectivity index (χ0) is 14.8. The van der Waals surface area contributed by atoms with Crippen LogP contribution in [0.4, 0.5) is 0 Å². The molecule has 6 heteroatoms. The van der Waals surface area contributed by atoms with Gasteiger partial charge in [0, 0.05) is 0 Å². The van der Waals surface area contributed by atoms with Crippen LogP contribution >= 0.6 is 0 Å². The van der Waals surface area contributed by atoms with Crippen molar-refractivity contribution in [3.8, 4) is 0 Å². The highest BCUT2D eigenvalue weighted by Crippen LogP contribution is 2.35. The third kappa shape index (κ3) is 3.05. The van der Waals surface area contributed by atoms with Crippen molar-refractivity contribution in [2.45, 2.75) is 59.0 Å². The summed E-state index contributed by atoms with van der Waals surface area (Å²) in [6.45, 7) is 9.71. The Hall–Kier alpha value is -1.46. The van der Waals surface area contributed by atoms with Gasteiger partial charge >= 0.3 is 11.9 Å². The van der Waals surface area contributed by atoms with E-state index in [2.05, 4.69) is 10.2 Å². The molecule has 0 heterocycles. The molecule has 0 aliphatic heterocycles. The summed E-state index contributed by atoms with van der Waals surface area (Å²) in [5.41, 5.74) is -3.52. The SMILES string of the molecule is CCC(C)(N=NC(C)(C(=O)O)C(C)(C)C)C(=O)O. The Morgan fingerprint density at radius 3 is 1.61 bits per heavy atom. The molecule has 0 aromatic heterocycles. The number of nitrogens with zero attached hydrogens (tertiary/aromatic N) is 2. The molecule has 0 rings (SSSR count). The Balaban J connectivity index is 5.51. The van der Waals surface area contributed by atoms with E-state index in [1.54, 1.807) is 27.7 Å². The number of carboxylic acid groups (broad SMARTS) is 2. The van der Waals surface area contributed by atoms with Crippen LogP contribution in [0.15, 0.2) is 10.2 Å². The molecule has 2 N–H and O–H groups in total. The largest absolute Gasteiger partial charge is 0.479 e. The van der Waals surface area contributed by atoms with Crippen LogP contribution in [0, 0.1) is 5.41 Å². The van der Waals surface area contributed by atoms with Gasteiger partial charge in [0.25, 0.3) is 0 Å². The third-order valence-corrected chi connectivity index (χ3v) is 3.50. The second-order valence-corrected chi connectivity index (χ2v) is 5.76. The lowest BCUT2D eigenvalue weighted by atomic mass is 9.75. The number of carbonyl (C=O) groups is 2. The molecular weight excluding hydrogens is 236 g/mol. The van der Waals surface area contributed by atoms with Gasteiger partial charge in [0.15, 0.2) is 11.1 Å². The highest BCUT2D eigenvalue weighted by atomic mass is 16.4. The summed E-state index contributed by atoms with van der Waals surface area (Å²) in [6, 6.07) is 0. The summed E-state index contributed by atoms with van der Waals surface area (Å²) in [7, 11) is 0. The van der Waals surface area contributed by atoms with Gasteiger partial charge in [0.2, 0.25) is 0 Å². The Morgan fingerprint density at radius 2 is 1.39 bits per heavy atom. The predicted molar refractivity (Wildman–Crippen MR) is 66.7 cm³/mol. The van der Waals surface area contributed by atoms with E-state index in [0.29, 0.717) is 0 Å². The van der Waals surface area contributed by atoms with Crippen LogP contribution in [0.3, 0.4) is 0 Å². The molecule has 0 saturated heterocycles. The average molecular weight is 258 g/mol. The number of hydrogen-bond donors (Lipinski definition) is 2. The van der Waals surface area contributed by atoms with Crippen LogP contribution in [-0.4, -0.2) is 33.2 Å². The minimum absolute atomic E-state index is 0.242. The monoisotopic (exact) mass is 258 g/mol. The molecule has 104 valence electrons. The fourth-order valence-corrected chi connectivity index (χ4v) is 0.989. The van der Waals surface area contributed by atoms with E-state index >= 15 is 0 Å². The summed E-state index contributed by atoms with van der Waals surface area (Å²) >= 11 is 0. The lowest BCUT2D eigenvalue weighted by Crippen LogP contribution is -2.46. The fraction of sp³-hybridized carbons (Fsp3) is 0.833. The van der Waals surface area contributed by atoms with Crippen LogP contribution in [0.5, 0.6) is 0 Å². The maximum Gasteiger partial charge on any atom is 0.333 e. The molecule has 6 nitrogen and oxygen atoms in total. The van der Waals surface area contributed by atoms with Crippen LogP contribution in [0.25, 0.3) is 0 Å². The normalized spacial score (nSPS) is 19.2. The Morgan fingerprint density at radius 1 is 0.944 bits per heavy atom. The third-order valence-electron chi connectivity index (χ3n) is 3.50. The number of rotatable bonds is 5. The van der Waals surface area contributed by atoms with Crippen molar-refractivity contribution >= 4 is 11.9 Å². The van der Waals surface area contributed by atoms with E-state index in [0.717, 1.165) is 0 Å². The summed E-state index contributed by atoms with van der Waals surface area (Å²) in [4.78, 5) is 22.4. The molecular formula is C12H22N2O4. The van der Waals surface area contributed by atoms with Gasteiger partial charge in [-0.3, -0.25) is 0 Å². The van der Waals surface area contributed by atoms with E-state index in [-0.39, 0.29) is 6.42 Å². The van der Waals surface area contributed by atoms with E-state index < -0.39 is 28.4 Å². The molecule has 0 fully saturated rings. The minimum Gasteiger partial charge on any atom is -0.479 e. The lowest BCUT2D eigenvalue weighted by Gasteiger charge is -2.34. The van der Waals surface area contributed by atoms with Gasteiger partial charge in [-0.1, -0.05) is 27.7 Å². The van der Waals surface area contributed by atoms with E-state index in [4.69, 9.17) is 5.11 Å². The van der Waals surface area contributed by atoms with E-state index in [9.17, 15) is 14.7 Å². The van der Waals surface area contributed by atoms with E-state index in [1.807, 2.05) is 0 Å². The zero-order valence-electron chi connectivity index (χ0n) is 11.8. The maximum atomic E-state index is 11.3. The molecule has 2 unspecified atom stereocenters. The summed E-state index contributed by atoms with van der Waals surface area (Å²) < 4.78 is 0. The molecule has 0 radical (unpaired) electrons. The molecule has 0 bridgehead atoms. The first kappa shape index (κ1) is 16.5. The fourth-order valence-electron chi connectivity index (χ4n) is 0.989. The van der Waals surface area contributed by atoms with Crippen molar-refractivity contribution in [3.63, 3.8) is 0 Å². The standard InChI is InChI=1S/C12H22N2O4/c1-7-11(5,8(15)16)13-14-12(6,9(17)18)10(2,3)4/h7H2,1-6H3,(H,15,16)(H,17,18).